The van der Waals surface area contributed by atoms with Crippen molar-refractivity contribution in [2.75, 3.05) is 10.6 Å². The number of nitrogens with zero attached hydrogens (tertiary/aromatic N) is 3. The number of fused-ring (bicyclic) bond motifs is 1. The molecule has 2 heterocycles. The van der Waals surface area contributed by atoms with E-state index in [9.17, 15) is 9.59 Å². The standard InChI is InChI=1S/C24H29N5O3/c1-5-29-14-18(21(27-29)23(31)25-16-9-7-6-8-10-16)26-22(30)20-17-13-15(24(2,3)4)11-12-19(17)32-28-20/h6-10,14-15H,5,11-13H2,1-4H3,(H,25,31)(H,26,30). The minimum absolute atomic E-state index is 0.133. The topological polar surface area (TPSA) is 102 Å². The molecule has 1 aliphatic carbocycles. The largest absolute Gasteiger partial charge is 0.360 e. The van der Waals surface area contributed by atoms with Crippen molar-refractivity contribution in [1.82, 2.24) is 14.9 Å². The summed E-state index contributed by atoms with van der Waals surface area (Å²) in [6.07, 6.45) is 4.19. The van der Waals surface area contributed by atoms with Gasteiger partial charge in [-0.05, 0) is 43.2 Å². The van der Waals surface area contributed by atoms with E-state index in [1.54, 1.807) is 23.0 Å². The zero-order valence-electron chi connectivity index (χ0n) is 18.9. The quantitative estimate of drug-likeness (QED) is 0.612. The van der Waals surface area contributed by atoms with Crippen molar-refractivity contribution < 1.29 is 14.1 Å². The van der Waals surface area contributed by atoms with Gasteiger partial charge in [0, 0.05) is 30.4 Å². The normalized spacial score (nSPS) is 15.8. The minimum Gasteiger partial charge on any atom is -0.360 e. The van der Waals surface area contributed by atoms with Crippen LogP contribution in [0.3, 0.4) is 0 Å². The van der Waals surface area contributed by atoms with Crippen LogP contribution in [0.15, 0.2) is 41.1 Å². The number of para-hydroxylation sites is 1. The SMILES string of the molecule is CCn1cc(NC(=O)c2noc3c2CC(C(C)(C)C)CC3)c(C(=O)Nc2ccccc2)n1. The summed E-state index contributed by atoms with van der Waals surface area (Å²) in [6, 6.07) is 9.12. The first-order valence-electron chi connectivity index (χ1n) is 11.0. The van der Waals surface area contributed by atoms with Crippen molar-refractivity contribution in [1.29, 1.82) is 0 Å². The molecule has 3 aromatic rings. The van der Waals surface area contributed by atoms with Gasteiger partial charge >= 0.3 is 0 Å². The molecule has 0 spiro atoms. The molecule has 1 aromatic carbocycles. The fourth-order valence-electron chi connectivity index (χ4n) is 4.06. The van der Waals surface area contributed by atoms with E-state index in [4.69, 9.17) is 4.52 Å². The van der Waals surface area contributed by atoms with E-state index < -0.39 is 11.8 Å². The van der Waals surface area contributed by atoms with E-state index in [1.165, 1.54) is 0 Å². The highest BCUT2D eigenvalue weighted by Crippen LogP contribution is 2.38. The zero-order chi connectivity index (χ0) is 22.9. The van der Waals surface area contributed by atoms with Crippen LogP contribution in [0, 0.1) is 11.3 Å². The smallest absolute Gasteiger partial charge is 0.278 e. The Kier molecular flexibility index (Phi) is 5.86. The lowest BCUT2D eigenvalue weighted by Gasteiger charge is -2.33. The van der Waals surface area contributed by atoms with Crippen LogP contribution in [0.5, 0.6) is 0 Å². The second kappa shape index (κ2) is 8.61. The number of aromatic nitrogens is 3. The van der Waals surface area contributed by atoms with Crippen LogP contribution in [0.2, 0.25) is 0 Å². The lowest BCUT2D eigenvalue weighted by molar-refractivity contribution is 0.101. The van der Waals surface area contributed by atoms with Crippen molar-refractivity contribution in [2.24, 2.45) is 11.3 Å². The van der Waals surface area contributed by atoms with Gasteiger partial charge in [-0.3, -0.25) is 14.3 Å². The maximum atomic E-state index is 13.1. The van der Waals surface area contributed by atoms with Crippen LogP contribution in [0.1, 0.15) is 66.4 Å². The van der Waals surface area contributed by atoms with Crippen LogP contribution < -0.4 is 10.6 Å². The van der Waals surface area contributed by atoms with Crippen LogP contribution in [0.4, 0.5) is 11.4 Å². The number of carbonyl (C=O) groups is 2. The molecule has 1 atom stereocenters. The van der Waals surface area contributed by atoms with Crippen molar-refractivity contribution in [2.45, 2.75) is 53.5 Å². The van der Waals surface area contributed by atoms with Crippen LogP contribution in [0.25, 0.3) is 0 Å². The Balaban J connectivity index is 1.57. The lowest BCUT2D eigenvalue weighted by atomic mass is 9.71. The third-order valence-electron chi connectivity index (χ3n) is 6.06. The number of nitrogens with one attached hydrogen (secondary N) is 2. The molecule has 1 aliphatic rings. The molecule has 2 amide bonds. The summed E-state index contributed by atoms with van der Waals surface area (Å²) in [7, 11) is 0. The maximum Gasteiger partial charge on any atom is 0.278 e. The molecule has 0 fully saturated rings. The fourth-order valence-corrected chi connectivity index (χ4v) is 4.06. The molecule has 8 heteroatoms. The van der Waals surface area contributed by atoms with Gasteiger partial charge in [-0.2, -0.15) is 5.10 Å². The molecular weight excluding hydrogens is 406 g/mol. The Hall–Kier alpha value is -3.42. The maximum absolute atomic E-state index is 13.1. The number of hydrogen-bond donors (Lipinski definition) is 2. The number of amides is 2. The molecular formula is C24H29N5O3. The molecule has 168 valence electrons. The predicted octanol–water partition coefficient (Wildman–Crippen LogP) is 4.55. The zero-order valence-corrected chi connectivity index (χ0v) is 18.9. The molecule has 0 saturated heterocycles. The van der Waals surface area contributed by atoms with Crippen LogP contribution in [-0.2, 0) is 19.4 Å². The van der Waals surface area contributed by atoms with Gasteiger partial charge in [0.2, 0.25) is 0 Å². The molecule has 4 rings (SSSR count). The van der Waals surface area contributed by atoms with Gasteiger partial charge in [-0.25, -0.2) is 0 Å². The summed E-state index contributed by atoms with van der Waals surface area (Å²) in [5.74, 6) is 0.431. The number of hydrogen-bond acceptors (Lipinski definition) is 5. The van der Waals surface area contributed by atoms with Gasteiger partial charge in [0.1, 0.15) is 5.76 Å². The van der Waals surface area contributed by atoms with E-state index in [0.29, 0.717) is 23.8 Å². The van der Waals surface area contributed by atoms with Crippen molar-refractivity contribution in [3.8, 4) is 0 Å². The Labute approximate surface area is 187 Å². The minimum atomic E-state index is -0.395. The number of anilines is 2. The van der Waals surface area contributed by atoms with Gasteiger partial charge in [0.05, 0.1) is 5.69 Å². The van der Waals surface area contributed by atoms with Crippen molar-refractivity contribution in [3.63, 3.8) is 0 Å². The monoisotopic (exact) mass is 435 g/mol. The van der Waals surface area contributed by atoms with Gasteiger partial charge < -0.3 is 15.2 Å². The van der Waals surface area contributed by atoms with E-state index in [-0.39, 0.29) is 16.8 Å². The summed E-state index contributed by atoms with van der Waals surface area (Å²) >= 11 is 0. The highest BCUT2D eigenvalue weighted by atomic mass is 16.5. The fraction of sp³-hybridized carbons (Fsp3) is 0.417. The first kappa shape index (κ1) is 21.8. The molecule has 8 nitrogen and oxygen atoms in total. The Morgan fingerprint density at radius 1 is 1.12 bits per heavy atom. The molecule has 0 radical (unpaired) electrons. The van der Waals surface area contributed by atoms with Crippen LogP contribution in [-0.4, -0.2) is 26.8 Å². The lowest BCUT2D eigenvalue weighted by Crippen LogP contribution is -2.28. The average Bonchev–Trinajstić information content (AvgIpc) is 3.37. The first-order chi connectivity index (χ1) is 15.3. The molecule has 2 aromatic heterocycles. The number of aryl methyl sites for hydroxylation is 2. The Bertz CT molecular complexity index is 1120. The van der Waals surface area contributed by atoms with Gasteiger partial charge in [-0.1, -0.05) is 44.1 Å². The number of benzene rings is 1. The Morgan fingerprint density at radius 3 is 2.53 bits per heavy atom. The van der Waals surface area contributed by atoms with Crippen molar-refractivity contribution >= 4 is 23.2 Å². The summed E-state index contributed by atoms with van der Waals surface area (Å²) in [5, 5.41) is 14.1. The van der Waals surface area contributed by atoms with Gasteiger partial charge in [0.25, 0.3) is 11.8 Å². The highest BCUT2D eigenvalue weighted by molar-refractivity contribution is 6.11. The molecule has 2 N–H and O–H groups in total. The third kappa shape index (κ3) is 4.44. The molecule has 0 aliphatic heterocycles. The third-order valence-corrected chi connectivity index (χ3v) is 6.06. The summed E-state index contributed by atoms with van der Waals surface area (Å²) in [5.41, 5.74) is 2.42. The summed E-state index contributed by atoms with van der Waals surface area (Å²) < 4.78 is 7.09. The van der Waals surface area contributed by atoms with E-state index in [0.717, 1.165) is 30.6 Å². The van der Waals surface area contributed by atoms with E-state index in [2.05, 4.69) is 41.7 Å². The molecule has 0 saturated carbocycles. The summed E-state index contributed by atoms with van der Waals surface area (Å²) in [4.78, 5) is 26.0. The predicted molar refractivity (Wildman–Crippen MR) is 122 cm³/mol. The van der Waals surface area contributed by atoms with Gasteiger partial charge in [-0.15, -0.1) is 0 Å². The molecule has 32 heavy (non-hydrogen) atoms. The van der Waals surface area contributed by atoms with Crippen molar-refractivity contribution in [3.05, 3.63) is 59.2 Å². The Morgan fingerprint density at radius 2 is 1.84 bits per heavy atom. The summed E-state index contributed by atoms with van der Waals surface area (Å²) in [6.45, 7) is 9.12. The second-order valence-electron chi connectivity index (χ2n) is 9.26. The van der Waals surface area contributed by atoms with Gasteiger partial charge in [0.15, 0.2) is 11.4 Å². The van der Waals surface area contributed by atoms with E-state index in [1.807, 2.05) is 25.1 Å². The molecule has 1 unspecified atom stereocenters. The average molecular weight is 436 g/mol. The first-order valence-corrected chi connectivity index (χ1v) is 11.0. The number of rotatable bonds is 5. The van der Waals surface area contributed by atoms with E-state index >= 15 is 0 Å². The highest BCUT2D eigenvalue weighted by Gasteiger charge is 2.34. The number of carbonyl (C=O) groups excluding carboxylic acids is 2. The molecule has 0 bridgehead atoms. The second-order valence-corrected chi connectivity index (χ2v) is 9.26. The van der Waals surface area contributed by atoms with Crippen LogP contribution >= 0.6 is 0 Å².